The van der Waals surface area contributed by atoms with Gasteiger partial charge in [-0.3, -0.25) is 0 Å². The second kappa shape index (κ2) is 4.46. The van der Waals surface area contributed by atoms with Crippen molar-refractivity contribution in [1.29, 1.82) is 0 Å². The largest absolute Gasteiger partial charge is 0.478 e. The number of hydrogen-bond acceptors (Lipinski definition) is 4. The Bertz CT molecular complexity index is 521. The molecule has 1 aliphatic heterocycles. The van der Waals surface area contributed by atoms with Gasteiger partial charge in [0, 0.05) is 6.54 Å². The topological polar surface area (TPSA) is 83.5 Å². The van der Waals surface area contributed by atoms with Crippen LogP contribution in [0.25, 0.3) is 0 Å². The fourth-order valence-electron chi connectivity index (χ4n) is 1.85. The number of hydrogen-bond donors (Lipinski definition) is 2. The van der Waals surface area contributed by atoms with E-state index in [9.17, 15) is 13.2 Å². The minimum absolute atomic E-state index is 0.0326. The smallest absolute Gasteiger partial charge is 0.335 e. The van der Waals surface area contributed by atoms with E-state index in [1.165, 1.54) is 12.1 Å². The molecule has 2 rings (SSSR count). The molecule has 5 nitrogen and oxygen atoms in total. The third kappa shape index (κ3) is 2.65. The van der Waals surface area contributed by atoms with E-state index in [1.807, 2.05) is 0 Å². The van der Waals surface area contributed by atoms with E-state index < -0.39 is 21.1 Å². The van der Waals surface area contributed by atoms with Gasteiger partial charge in [0.05, 0.1) is 16.7 Å². The lowest BCUT2D eigenvalue weighted by molar-refractivity contribution is 0.0697. The van der Waals surface area contributed by atoms with Crippen molar-refractivity contribution in [3.63, 3.8) is 0 Å². The van der Waals surface area contributed by atoms with Crippen LogP contribution in [0.5, 0.6) is 0 Å². The van der Waals surface area contributed by atoms with E-state index >= 15 is 0 Å². The quantitative estimate of drug-likeness (QED) is 0.810. The van der Waals surface area contributed by atoms with Gasteiger partial charge in [0.15, 0.2) is 9.84 Å². The Balaban J connectivity index is 2.12. The van der Waals surface area contributed by atoms with Gasteiger partial charge < -0.3 is 10.4 Å². The molecule has 2 N–H and O–H groups in total. The molecule has 0 aliphatic carbocycles. The van der Waals surface area contributed by atoms with Crippen molar-refractivity contribution >= 4 is 15.8 Å². The second-order valence-corrected chi connectivity index (χ2v) is 6.37. The maximum atomic E-state index is 11.6. The van der Waals surface area contributed by atoms with E-state index in [2.05, 4.69) is 5.32 Å². The Kier molecular flexibility index (Phi) is 3.17. The lowest BCUT2D eigenvalue weighted by Crippen LogP contribution is -2.21. The van der Waals surface area contributed by atoms with Crippen molar-refractivity contribution in [2.75, 3.05) is 12.4 Å². The third-order valence-corrected chi connectivity index (χ3v) is 4.80. The molecule has 1 atom stereocenters. The zero-order valence-corrected chi connectivity index (χ0v) is 9.90. The predicted octanol–water partition coefficient (Wildman–Crippen LogP) is 0.271. The molecule has 1 saturated heterocycles. The van der Waals surface area contributed by atoms with Crippen LogP contribution < -0.4 is 5.32 Å². The number of carboxylic acid groups (broad SMARTS) is 1. The Morgan fingerprint density at radius 1 is 1.35 bits per heavy atom. The van der Waals surface area contributed by atoms with Crippen LogP contribution in [0, 0.1) is 0 Å². The molecular weight excluding hydrogens is 242 g/mol. The third-order valence-electron chi connectivity index (χ3n) is 2.85. The van der Waals surface area contributed by atoms with Gasteiger partial charge in [0.2, 0.25) is 0 Å². The highest BCUT2D eigenvalue weighted by Gasteiger charge is 2.30. The number of sulfone groups is 1. The lowest BCUT2D eigenvalue weighted by atomic mass is 10.1. The predicted molar refractivity (Wildman–Crippen MR) is 62.7 cm³/mol. The summed E-state index contributed by atoms with van der Waals surface area (Å²) in [5.41, 5.74) is 1.05. The van der Waals surface area contributed by atoms with Crippen LogP contribution in [0.3, 0.4) is 0 Å². The van der Waals surface area contributed by atoms with Crippen LogP contribution in [-0.2, 0) is 16.3 Å². The Morgan fingerprint density at radius 2 is 2.00 bits per heavy atom. The fraction of sp³-hybridized carbons (Fsp3) is 0.364. The zero-order chi connectivity index (χ0) is 12.5. The highest BCUT2D eigenvalue weighted by Crippen LogP contribution is 2.15. The number of carbonyl (C=O) groups is 1. The summed E-state index contributed by atoms with van der Waals surface area (Å²) in [4.78, 5) is 10.7. The number of rotatable bonds is 3. The van der Waals surface area contributed by atoms with Crippen molar-refractivity contribution in [1.82, 2.24) is 5.32 Å². The fourth-order valence-corrected chi connectivity index (χ4v) is 3.31. The van der Waals surface area contributed by atoms with Gasteiger partial charge in [-0.15, -0.1) is 0 Å². The molecule has 1 aliphatic rings. The molecule has 0 radical (unpaired) electrons. The minimum Gasteiger partial charge on any atom is -0.478 e. The first-order valence-corrected chi connectivity index (χ1v) is 6.95. The van der Waals surface area contributed by atoms with E-state index in [4.69, 9.17) is 5.11 Å². The summed E-state index contributed by atoms with van der Waals surface area (Å²) in [7, 11) is -3.04. The molecule has 92 valence electrons. The number of nitrogens with one attached hydrogen (secondary N) is 1. The molecule has 1 fully saturated rings. The van der Waals surface area contributed by atoms with Gasteiger partial charge in [0.1, 0.15) is 0 Å². The summed E-state index contributed by atoms with van der Waals surface area (Å²) in [6.45, 7) is 0.461. The Morgan fingerprint density at radius 3 is 2.47 bits per heavy atom. The SMILES string of the molecule is O=C(O)c1ccc(CC2CNCS2(=O)=O)cc1. The van der Waals surface area contributed by atoms with Crippen LogP contribution in [0.1, 0.15) is 15.9 Å². The van der Waals surface area contributed by atoms with Crippen molar-refractivity contribution in [2.45, 2.75) is 11.7 Å². The number of carboxylic acids is 1. The first-order chi connectivity index (χ1) is 7.99. The van der Waals surface area contributed by atoms with Gasteiger partial charge in [-0.1, -0.05) is 12.1 Å². The first kappa shape index (κ1) is 12.1. The Labute approximate surface area is 99.4 Å². The van der Waals surface area contributed by atoms with Crippen molar-refractivity contribution in [3.05, 3.63) is 35.4 Å². The second-order valence-electron chi connectivity index (χ2n) is 4.09. The molecule has 0 bridgehead atoms. The van der Waals surface area contributed by atoms with Crippen LogP contribution in [0.4, 0.5) is 0 Å². The molecule has 1 heterocycles. The summed E-state index contributed by atoms with van der Waals surface area (Å²) in [5.74, 6) is -0.947. The Hall–Kier alpha value is -1.40. The van der Waals surface area contributed by atoms with Gasteiger partial charge in [0.25, 0.3) is 0 Å². The van der Waals surface area contributed by atoms with Gasteiger partial charge in [-0.2, -0.15) is 0 Å². The normalized spacial score (nSPS) is 22.5. The highest BCUT2D eigenvalue weighted by atomic mass is 32.2. The van der Waals surface area contributed by atoms with E-state index in [-0.39, 0.29) is 11.4 Å². The average Bonchev–Trinajstić information content (AvgIpc) is 2.59. The lowest BCUT2D eigenvalue weighted by Gasteiger charge is -2.08. The van der Waals surface area contributed by atoms with Crippen molar-refractivity contribution in [2.24, 2.45) is 0 Å². The maximum Gasteiger partial charge on any atom is 0.335 e. The van der Waals surface area contributed by atoms with Crippen molar-refractivity contribution in [3.8, 4) is 0 Å². The van der Waals surface area contributed by atoms with Crippen molar-refractivity contribution < 1.29 is 18.3 Å². The molecule has 0 spiro atoms. The monoisotopic (exact) mass is 255 g/mol. The minimum atomic E-state index is -3.04. The molecule has 0 saturated carbocycles. The molecule has 0 amide bonds. The van der Waals surface area contributed by atoms with Gasteiger partial charge >= 0.3 is 5.97 Å². The van der Waals surface area contributed by atoms with Crippen LogP contribution in [0.15, 0.2) is 24.3 Å². The zero-order valence-electron chi connectivity index (χ0n) is 9.09. The van der Waals surface area contributed by atoms with E-state index in [0.29, 0.717) is 13.0 Å². The van der Waals surface area contributed by atoms with Crippen LogP contribution in [0.2, 0.25) is 0 Å². The number of aromatic carboxylic acids is 1. The molecule has 1 unspecified atom stereocenters. The summed E-state index contributed by atoms with van der Waals surface area (Å²) in [6, 6.07) is 6.31. The molecular formula is C11H13NO4S. The molecule has 1 aromatic rings. The molecule has 0 aromatic heterocycles. The average molecular weight is 255 g/mol. The summed E-state index contributed by atoms with van der Waals surface area (Å²) < 4.78 is 23.2. The van der Waals surface area contributed by atoms with E-state index in [0.717, 1.165) is 5.56 Å². The van der Waals surface area contributed by atoms with Crippen LogP contribution >= 0.6 is 0 Å². The molecule has 17 heavy (non-hydrogen) atoms. The molecule has 1 aromatic carbocycles. The van der Waals surface area contributed by atoms with Crippen LogP contribution in [-0.4, -0.2) is 37.2 Å². The summed E-state index contributed by atoms with van der Waals surface area (Å²) in [5, 5.41) is 11.2. The van der Waals surface area contributed by atoms with E-state index in [1.54, 1.807) is 12.1 Å². The molecule has 6 heteroatoms. The van der Waals surface area contributed by atoms with Gasteiger partial charge in [-0.05, 0) is 24.1 Å². The first-order valence-electron chi connectivity index (χ1n) is 5.23. The maximum absolute atomic E-state index is 11.6. The summed E-state index contributed by atoms with van der Waals surface area (Å²) >= 11 is 0. The highest BCUT2D eigenvalue weighted by molar-refractivity contribution is 7.92. The van der Waals surface area contributed by atoms with Gasteiger partial charge in [-0.25, -0.2) is 13.2 Å². The standard InChI is InChI=1S/C11H13NO4S/c13-11(14)9-3-1-8(2-4-9)5-10-6-12-7-17(10,15)16/h1-4,10,12H,5-7H2,(H,13,14). The number of benzene rings is 1. The summed E-state index contributed by atoms with van der Waals surface area (Å²) in [6.07, 6.45) is 0.426.